The molecule has 2 aromatic rings. The van der Waals surface area contributed by atoms with Gasteiger partial charge in [-0.25, -0.2) is 9.59 Å². The second-order valence-electron chi connectivity index (χ2n) is 10.2. The van der Waals surface area contributed by atoms with Gasteiger partial charge in [-0.1, -0.05) is 82.2 Å². The quantitative estimate of drug-likeness (QED) is 0.119. The average molecular weight is 521 g/mol. The van der Waals surface area contributed by atoms with Gasteiger partial charge in [0.25, 0.3) is 0 Å². The van der Waals surface area contributed by atoms with Gasteiger partial charge in [0.05, 0.1) is 18.8 Å². The van der Waals surface area contributed by atoms with Gasteiger partial charge in [0.15, 0.2) is 0 Å². The van der Waals surface area contributed by atoms with E-state index in [1.54, 1.807) is 0 Å². The molecule has 0 bridgehead atoms. The fraction of sp³-hybridized carbons (Fsp3) is 0.515. The van der Waals surface area contributed by atoms with Crippen molar-refractivity contribution in [3.8, 4) is 16.9 Å². The molecule has 0 atom stereocenters. The first-order valence-electron chi connectivity index (χ1n) is 14.5. The Hall–Kier alpha value is -3.08. The molecule has 0 heterocycles. The van der Waals surface area contributed by atoms with Crippen molar-refractivity contribution in [3.05, 3.63) is 66.7 Å². The highest BCUT2D eigenvalue weighted by Crippen LogP contribution is 2.25. The highest BCUT2D eigenvalue weighted by Gasteiger charge is 2.18. The summed E-state index contributed by atoms with van der Waals surface area (Å²) in [5, 5.41) is 0. The van der Waals surface area contributed by atoms with Crippen molar-refractivity contribution in [3.63, 3.8) is 0 Å². The van der Waals surface area contributed by atoms with Gasteiger partial charge in [0.1, 0.15) is 11.9 Å². The average Bonchev–Trinajstić information content (AvgIpc) is 2.96. The van der Waals surface area contributed by atoms with Crippen LogP contribution in [0.2, 0.25) is 0 Å². The summed E-state index contributed by atoms with van der Waals surface area (Å²) in [7, 11) is 0. The number of hydrogen-bond donors (Lipinski definition) is 0. The molecule has 0 aliphatic heterocycles. The SMILES string of the molecule is C=CC(=O)OCCCCCCCCCCCOc1ccc(-c2ccc(C(=O)OC3CCCCC3)cc2)cc1. The van der Waals surface area contributed by atoms with Gasteiger partial charge in [-0.05, 0) is 73.9 Å². The molecule has 1 fully saturated rings. The van der Waals surface area contributed by atoms with E-state index >= 15 is 0 Å². The summed E-state index contributed by atoms with van der Waals surface area (Å²) >= 11 is 0. The van der Waals surface area contributed by atoms with Crippen LogP contribution in [-0.2, 0) is 14.3 Å². The monoisotopic (exact) mass is 520 g/mol. The summed E-state index contributed by atoms with van der Waals surface area (Å²) in [6.45, 7) is 4.63. The van der Waals surface area contributed by atoms with Crippen molar-refractivity contribution < 1.29 is 23.8 Å². The molecule has 5 heteroatoms. The lowest BCUT2D eigenvalue weighted by atomic mass is 9.98. The van der Waals surface area contributed by atoms with Gasteiger partial charge >= 0.3 is 11.9 Å². The van der Waals surface area contributed by atoms with Gasteiger partial charge in [-0.2, -0.15) is 0 Å². The Morgan fingerprint density at radius 2 is 1.24 bits per heavy atom. The number of esters is 2. The molecule has 0 aromatic heterocycles. The van der Waals surface area contributed by atoms with Gasteiger partial charge in [0, 0.05) is 6.08 Å². The third-order valence-electron chi connectivity index (χ3n) is 7.10. The number of carbonyl (C=O) groups excluding carboxylic acids is 2. The first-order valence-corrected chi connectivity index (χ1v) is 14.5. The molecular weight excluding hydrogens is 476 g/mol. The van der Waals surface area contributed by atoms with E-state index in [2.05, 4.69) is 18.7 Å². The third kappa shape index (κ3) is 11.1. The Morgan fingerprint density at radius 3 is 1.82 bits per heavy atom. The number of rotatable bonds is 17. The molecule has 2 aromatic carbocycles. The molecule has 5 nitrogen and oxygen atoms in total. The van der Waals surface area contributed by atoms with E-state index < -0.39 is 0 Å². The maximum Gasteiger partial charge on any atom is 0.338 e. The lowest BCUT2D eigenvalue weighted by Gasteiger charge is -2.21. The largest absolute Gasteiger partial charge is 0.494 e. The second-order valence-corrected chi connectivity index (χ2v) is 10.2. The first-order chi connectivity index (χ1) is 18.7. The third-order valence-corrected chi connectivity index (χ3v) is 7.10. The van der Waals surface area contributed by atoms with Crippen LogP contribution in [0.25, 0.3) is 11.1 Å². The normalized spacial score (nSPS) is 13.6. The van der Waals surface area contributed by atoms with Crippen LogP contribution in [0.3, 0.4) is 0 Å². The number of ether oxygens (including phenoxy) is 3. The molecule has 38 heavy (non-hydrogen) atoms. The van der Waals surface area contributed by atoms with E-state index in [-0.39, 0.29) is 18.0 Å². The fourth-order valence-corrected chi connectivity index (χ4v) is 4.81. The van der Waals surface area contributed by atoms with Gasteiger partial charge in [0.2, 0.25) is 0 Å². The fourth-order valence-electron chi connectivity index (χ4n) is 4.81. The van der Waals surface area contributed by atoms with Gasteiger partial charge < -0.3 is 14.2 Å². The lowest BCUT2D eigenvalue weighted by Crippen LogP contribution is -2.20. The predicted molar refractivity (Wildman–Crippen MR) is 152 cm³/mol. The number of unbranched alkanes of at least 4 members (excludes halogenated alkanes) is 8. The Labute approximate surface area is 228 Å². The zero-order valence-corrected chi connectivity index (χ0v) is 22.8. The van der Waals surface area contributed by atoms with Crippen LogP contribution in [0.4, 0.5) is 0 Å². The first kappa shape index (κ1) is 29.5. The number of carbonyl (C=O) groups is 2. The van der Waals surface area contributed by atoms with Crippen LogP contribution in [0.5, 0.6) is 5.75 Å². The van der Waals surface area contributed by atoms with Gasteiger partial charge in [-0.3, -0.25) is 0 Å². The molecule has 0 amide bonds. The molecular formula is C33H44O5. The van der Waals surface area contributed by atoms with E-state index in [9.17, 15) is 9.59 Å². The zero-order chi connectivity index (χ0) is 26.8. The molecule has 1 saturated carbocycles. The summed E-state index contributed by atoms with van der Waals surface area (Å²) in [4.78, 5) is 23.4. The minimum atomic E-state index is -0.331. The van der Waals surface area contributed by atoms with Crippen molar-refractivity contribution in [2.75, 3.05) is 13.2 Å². The summed E-state index contributed by atoms with van der Waals surface area (Å²) in [6, 6.07) is 15.8. The Kier molecular flexibility index (Phi) is 13.5. The molecule has 206 valence electrons. The molecule has 0 saturated heterocycles. The van der Waals surface area contributed by atoms with Crippen LogP contribution in [0, 0.1) is 0 Å². The Morgan fingerprint density at radius 1 is 0.711 bits per heavy atom. The highest BCUT2D eigenvalue weighted by atomic mass is 16.5. The Bertz CT molecular complexity index is 958. The number of benzene rings is 2. The molecule has 0 radical (unpaired) electrons. The van der Waals surface area contributed by atoms with Crippen molar-refractivity contribution in [2.45, 2.75) is 96.0 Å². The maximum atomic E-state index is 12.4. The second kappa shape index (κ2) is 17.4. The summed E-state index contributed by atoms with van der Waals surface area (Å²) < 4.78 is 16.6. The van der Waals surface area contributed by atoms with E-state index in [0.29, 0.717) is 12.2 Å². The maximum absolute atomic E-state index is 12.4. The zero-order valence-electron chi connectivity index (χ0n) is 22.8. The van der Waals surface area contributed by atoms with Crippen molar-refractivity contribution in [1.82, 2.24) is 0 Å². The molecule has 1 aliphatic rings. The highest BCUT2D eigenvalue weighted by molar-refractivity contribution is 5.90. The van der Waals surface area contributed by atoms with Crippen LogP contribution in [0.15, 0.2) is 61.2 Å². The molecule has 1 aliphatic carbocycles. The van der Waals surface area contributed by atoms with E-state index in [1.165, 1.54) is 51.0 Å². The van der Waals surface area contributed by atoms with Crippen LogP contribution in [-0.4, -0.2) is 31.3 Å². The summed E-state index contributed by atoms with van der Waals surface area (Å²) in [5.74, 6) is 0.343. The standard InChI is InChI=1S/C33H44O5/c1-2-32(34)37-26-14-9-7-5-3-4-6-8-13-25-36-30-23-21-28(22-24-30)27-17-19-29(20-18-27)33(35)38-31-15-11-10-12-16-31/h2,17-24,31H,1,3-16,25-26H2. The van der Waals surface area contributed by atoms with Crippen LogP contribution < -0.4 is 4.74 Å². The molecule has 3 rings (SSSR count). The smallest absolute Gasteiger partial charge is 0.338 e. The lowest BCUT2D eigenvalue weighted by molar-refractivity contribution is -0.137. The number of hydrogen-bond acceptors (Lipinski definition) is 5. The van der Waals surface area contributed by atoms with Gasteiger partial charge in [-0.15, -0.1) is 0 Å². The van der Waals surface area contributed by atoms with Crippen molar-refractivity contribution in [2.24, 2.45) is 0 Å². The van der Waals surface area contributed by atoms with Crippen LogP contribution >= 0.6 is 0 Å². The molecule has 0 spiro atoms. The van der Waals surface area contributed by atoms with Crippen molar-refractivity contribution in [1.29, 1.82) is 0 Å². The van der Waals surface area contributed by atoms with E-state index in [0.717, 1.165) is 68.4 Å². The van der Waals surface area contributed by atoms with E-state index in [1.807, 2.05) is 36.4 Å². The van der Waals surface area contributed by atoms with E-state index in [4.69, 9.17) is 14.2 Å². The minimum Gasteiger partial charge on any atom is -0.494 e. The predicted octanol–water partition coefficient (Wildman–Crippen LogP) is 8.46. The molecule has 0 N–H and O–H groups in total. The minimum absolute atomic E-state index is 0.0767. The summed E-state index contributed by atoms with van der Waals surface area (Å²) in [6.07, 6.45) is 17.3. The summed E-state index contributed by atoms with van der Waals surface area (Å²) in [5.41, 5.74) is 2.78. The molecule has 0 unspecified atom stereocenters. The van der Waals surface area contributed by atoms with Crippen LogP contribution in [0.1, 0.15) is 100 Å². The Balaban J connectivity index is 1.23. The topological polar surface area (TPSA) is 61.8 Å². The van der Waals surface area contributed by atoms with Crippen molar-refractivity contribution >= 4 is 11.9 Å².